The van der Waals surface area contributed by atoms with Crippen molar-refractivity contribution < 1.29 is 14.0 Å². The molecule has 0 bridgehead atoms. The van der Waals surface area contributed by atoms with Gasteiger partial charge in [-0.2, -0.15) is 5.10 Å². The van der Waals surface area contributed by atoms with Gasteiger partial charge in [-0.25, -0.2) is 9.50 Å². The molecule has 3 heterocycles. The molecule has 0 aromatic carbocycles. The van der Waals surface area contributed by atoms with Crippen LogP contribution in [0, 0.1) is 13.8 Å². The molecule has 3 aromatic rings. The first-order valence-electron chi connectivity index (χ1n) is 9.49. The molecule has 0 radical (unpaired) electrons. The zero-order valence-corrected chi connectivity index (χ0v) is 15.9. The van der Waals surface area contributed by atoms with Crippen LogP contribution in [0.1, 0.15) is 58.0 Å². The molecular weight excluding hydrogens is 358 g/mol. The number of hydrogen-bond donors (Lipinski definition) is 2. The molecule has 0 spiro atoms. The normalized spacial score (nSPS) is 19.5. The van der Waals surface area contributed by atoms with Gasteiger partial charge in [0.25, 0.3) is 11.8 Å². The Balaban J connectivity index is 1.49. The maximum atomic E-state index is 12.9. The number of oxazole rings is 1. The fraction of sp³-hybridized carbons (Fsp3) is 0.400. The van der Waals surface area contributed by atoms with E-state index >= 15 is 0 Å². The molecule has 0 unspecified atom stereocenters. The fourth-order valence-electron chi connectivity index (χ4n) is 3.69. The van der Waals surface area contributed by atoms with Gasteiger partial charge in [-0.15, -0.1) is 0 Å². The second-order valence-corrected chi connectivity index (χ2v) is 7.29. The van der Waals surface area contributed by atoms with Crippen molar-refractivity contribution in [2.24, 2.45) is 0 Å². The minimum Gasteiger partial charge on any atom is -0.448 e. The third-order valence-electron chi connectivity index (χ3n) is 5.17. The summed E-state index contributed by atoms with van der Waals surface area (Å²) in [4.78, 5) is 29.4. The molecule has 28 heavy (non-hydrogen) atoms. The van der Waals surface area contributed by atoms with Crippen LogP contribution in [0.2, 0.25) is 0 Å². The van der Waals surface area contributed by atoms with Gasteiger partial charge in [0.2, 0.25) is 0 Å². The van der Waals surface area contributed by atoms with Crippen LogP contribution in [0.3, 0.4) is 0 Å². The number of nitrogens with one attached hydrogen (secondary N) is 2. The van der Waals surface area contributed by atoms with Crippen LogP contribution in [0.5, 0.6) is 0 Å². The number of fused-ring (bicyclic) bond motifs is 1. The van der Waals surface area contributed by atoms with Crippen molar-refractivity contribution in [2.45, 2.75) is 51.6 Å². The van der Waals surface area contributed by atoms with Gasteiger partial charge in [-0.3, -0.25) is 9.59 Å². The quantitative estimate of drug-likeness (QED) is 0.723. The Morgan fingerprint density at radius 2 is 1.86 bits per heavy atom. The lowest BCUT2D eigenvalue weighted by Crippen LogP contribution is -2.53. The number of carbonyl (C=O) groups is 2. The number of hydrogen-bond acceptors (Lipinski definition) is 5. The number of nitrogens with zero attached hydrogens (tertiary/aromatic N) is 3. The molecule has 0 saturated heterocycles. The summed E-state index contributed by atoms with van der Waals surface area (Å²) in [5, 5.41) is 10.3. The molecule has 1 saturated carbocycles. The van der Waals surface area contributed by atoms with Crippen LogP contribution in [-0.2, 0) is 0 Å². The van der Waals surface area contributed by atoms with Crippen molar-refractivity contribution in [1.82, 2.24) is 25.2 Å². The van der Waals surface area contributed by atoms with Crippen LogP contribution in [-0.4, -0.2) is 38.5 Å². The first-order valence-corrected chi connectivity index (χ1v) is 9.49. The minimum atomic E-state index is -0.283. The van der Waals surface area contributed by atoms with E-state index in [9.17, 15) is 9.59 Å². The molecule has 2 N–H and O–H groups in total. The number of rotatable bonds is 4. The van der Waals surface area contributed by atoms with Gasteiger partial charge in [-0.1, -0.05) is 12.8 Å². The van der Waals surface area contributed by atoms with Crippen LogP contribution >= 0.6 is 0 Å². The van der Waals surface area contributed by atoms with Gasteiger partial charge in [0, 0.05) is 25.2 Å². The fourth-order valence-corrected chi connectivity index (χ4v) is 3.69. The average molecular weight is 381 g/mol. The summed E-state index contributed by atoms with van der Waals surface area (Å²) in [6, 6.07) is 3.60. The summed E-state index contributed by atoms with van der Waals surface area (Å²) < 4.78 is 6.80. The van der Waals surface area contributed by atoms with E-state index in [1.165, 1.54) is 6.26 Å². The van der Waals surface area contributed by atoms with Gasteiger partial charge in [0.1, 0.15) is 6.26 Å². The topological polar surface area (TPSA) is 102 Å². The molecule has 146 valence electrons. The molecule has 2 atom stereocenters. The predicted octanol–water partition coefficient (Wildman–Crippen LogP) is 2.41. The SMILES string of the molecule is Cc1ccn2ncc(C(=O)N[C@@H]3CCCC[C@H]3NC(=O)c3coc(C)n3)c2c1. The van der Waals surface area contributed by atoms with Crippen molar-refractivity contribution in [1.29, 1.82) is 0 Å². The minimum absolute atomic E-state index is 0.141. The standard InChI is InChI=1S/C20H23N5O3/c1-12-7-8-25-18(9-12)14(10-21-25)19(26)23-15-5-3-4-6-16(15)24-20(27)17-11-28-13(2)22-17/h7-11,15-16H,3-6H2,1-2H3,(H,23,26)(H,24,27)/t15-,16-/m1/s1. The highest BCUT2D eigenvalue weighted by Gasteiger charge is 2.29. The van der Waals surface area contributed by atoms with Gasteiger partial charge in [-0.05, 0) is 37.5 Å². The van der Waals surface area contributed by atoms with Gasteiger partial charge in [0.15, 0.2) is 11.6 Å². The number of aryl methyl sites for hydroxylation is 2. The first kappa shape index (κ1) is 18.2. The smallest absolute Gasteiger partial charge is 0.273 e. The zero-order valence-electron chi connectivity index (χ0n) is 15.9. The van der Waals surface area contributed by atoms with E-state index < -0.39 is 0 Å². The van der Waals surface area contributed by atoms with Crippen molar-refractivity contribution in [3.63, 3.8) is 0 Å². The largest absolute Gasteiger partial charge is 0.448 e. The van der Waals surface area contributed by atoms with Crippen LogP contribution < -0.4 is 10.6 Å². The van der Waals surface area contributed by atoms with Crippen molar-refractivity contribution in [3.05, 3.63) is 53.5 Å². The Labute approximate surface area is 162 Å². The van der Waals surface area contributed by atoms with E-state index in [1.54, 1.807) is 17.6 Å². The maximum absolute atomic E-state index is 12.9. The van der Waals surface area contributed by atoms with E-state index in [1.807, 2.05) is 25.3 Å². The highest BCUT2D eigenvalue weighted by Crippen LogP contribution is 2.20. The molecule has 1 aliphatic carbocycles. The van der Waals surface area contributed by atoms with Gasteiger partial charge >= 0.3 is 0 Å². The molecule has 4 rings (SSSR count). The summed E-state index contributed by atoms with van der Waals surface area (Å²) in [5.41, 5.74) is 2.62. The monoisotopic (exact) mass is 381 g/mol. The highest BCUT2D eigenvalue weighted by atomic mass is 16.3. The predicted molar refractivity (Wildman–Crippen MR) is 102 cm³/mol. The summed E-state index contributed by atoms with van der Waals surface area (Å²) in [6.07, 6.45) is 8.40. The summed E-state index contributed by atoms with van der Waals surface area (Å²) >= 11 is 0. The highest BCUT2D eigenvalue weighted by molar-refractivity contribution is 6.01. The molecule has 1 aliphatic rings. The van der Waals surface area contributed by atoms with Crippen LogP contribution in [0.4, 0.5) is 0 Å². The van der Waals surface area contributed by atoms with Crippen molar-refractivity contribution in [2.75, 3.05) is 0 Å². The van der Waals surface area contributed by atoms with Crippen LogP contribution in [0.15, 0.2) is 35.2 Å². The van der Waals surface area contributed by atoms with Crippen molar-refractivity contribution >= 4 is 17.3 Å². The van der Waals surface area contributed by atoms with Gasteiger partial charge < -0.3 is 15.1 Å². The van der Waals surface area contributed by atoms with E-state index in [0.29, 0.717) is 11.5 Å². The Morgan fingerprint density at radius 1 is 1.14 bits per heavy atom. The van der Waals surface area contributed by atoms with E-state index in [4.69, 9.17) is 4.42 Å². The van der Waals surface area contributed by atoms with Gasteiger partial charge in [0.05, 0.1) is 17.3 Å². The average Bonchev–Trinajstić information content (AvgIpc) is 3.29. The molecule has 8 nitrogen and oxygen atoms in total. The van der Waals surface area contributed by atoms with Crippen LogP contribution in [0.25, 0.3) is 5.52 Å². The first-order chi connectivity index (χ1) is 13.5. The zero-order chi connectivity index (χ0) is 19.7. The molecular formula is C20H23N5O3. The third kappa shape index (κ3) is 3.62. The molecule has 1 fully saturated rings. The maximum Gasteiger partial charge on any atom is 0.273 e. The number of amides is 2. The summed E-state index contributed by atoms with van der Waals surface area (Å²) in [7, 11) is 0. The molecule has 3 aromatic heterocycles. The second kappa shape index (κ2) is 7.46. The lowest BCUT2D eigenvalue weighted by molar-refractivity contribution is 0.0861. The molecule has 8 heteroatoms. The van der Waals surface area contributed by atoms with E-state index in [2.05, 4.69) is 20.7 Å². The lowest BCUT2D eigenvalue weighted by atomic mass is 9.90. The number of carbonyl (C=O) groups excluding carboxylic acids is 2. The molecule has 0 aliphatic heterocycles. The number of aromatic nitrogens is 3. The summed E-state index contributed by atoms with van der Waals surface area (Å²) in [6.45, 7) is 3.67. The Bertz CT molecular complexity index is 1020. The lowest BCUT2D eigenvalue weighted by Gasteiger charge is -2.32. The Morgan fingerprint density at radius 3 is 2.54 bits per heavy atom. The number of pyridine rings is 1. The molecule has 2 amide bonds. The Kier molecular flexibility index (Phi) is 4.85. The third-order valence-corrected chi connectivity index (χ3v) is 5.17. The van der Waals surface area contributed by atoms with E-state index in [-0.39, 0.29) is 29.6 Å². The summed E-state index contributed by atoms with van der Waals surface area (Å²) in [5.74, 6) is -0.0133. The van der Waals surface area contributed by atoms with E-state index in [0.717, 1.165) is 36.8 Å². The van der Waals surface area contributed by atoms with Crippen molar-refractivity contribution in [3.8, 4) is 0 Å². The second-order valence-electron chi connectivity index (χ2n) is 7.29. The Hall–Kier alpha value is -3.16.